The lowest BCUT2D eigenvalue weighted by Crippen LogP contribution is -2.63. The molecule has 2 rings (SSSR count). The number of piperidine rings is 1. The van der Waals surface area contributed by atoms with Gasteiger partial charge in [-0.05, 0) is 32.2 Å². The van der Waals surface area contributed by atoms with Gasteiger partial charge in [-0.1, -0.05) is 33.1 Å². The number of fused-ring (bicyclic) bond motifs is 1. The normalized spacial score (nSPS) is 31.4. The SMILES string of the molecule is CCC(CC)C(CN)N1CC2CCCCN2CC1C. The van der Waals surface area contributed by atoms with E-state index in [9.17, 15) is 0 Å². The van der Waals surface area contributed by atoms with Crippen LogP contribution in [-0.2, 0) is 0 Å². The van der Waals surface area contributed by atoms with E-state index in [4.69, 9.17) is 5.73 Å². The summed E-state index contributed by atoms with van der Waals surface area (Å²) < 4.78 is 0. The van der Waals surface area contributed by atoms with E-state index in [0.29, 0.717) is 12.1 Å². The van der Waals surface area contributed by atoms with Gasteiger partial charge in [0.15, 0.2) is 0 Å². The van der Waals surface area contributed by atoms with Crippen molar-refractivity contribution in [1.82, 2.24) is 9.80 Å². The maximum atomic E-state index is 6.13. The zero-order valence-electron chi connectivity index (χ0n) is 13.1. The molecule has 2 N–H and O–H groups in total. The second-order valence-electron chi connectivity index (χ2n) is 6.57. The average Bonchev–Trinajstić information content (AvgIpc) is 2.44. The molecule has 2 saturated heterocycles. The lowest BCUT2D eigenvalue weighted by molar-refractivity contribution is -0.0206. The average molecular weight is 267 g/mol. The molecule has 0 spiro atoms. The van der Waals surface area contributed by atoms with Crippen LogP contribution in [0.4, 0.5) is 0 Å². The number of nitrogens with zero attached hydrogens (tertiary/aromatic N) is 2. The number of piperazine rings is 1. The Kier molecular flexibility index (Phi) is 5.67. The largest absolute Gasteiger partial charge is 0.329 e. The van der Waals surface area contributed by atoms with Crippen molar-refractivity contribution in [3.8, 4) is 0 Å². The van der Waals surface area contributed by atoms with Gasteiger partial charge in [0, 0.05) is 37.8 Å². The number of nitrogens with two attached hydrogens (primary N) is 1. The Morgan fingerprint density at radius 2 is 1.89 bits per heavy atom. The van der Waals surface area contributed by atoms with Crippen molar-refractivity contribution in [3.05, 3.63) is 0 Å². The molecule has 2 heterocycles. The van der Waals surface area contributed by atoms with Gasteiger partial charge in [0.25, 0.3) is 0 Å². The van der Waals surface area contributed by atoms with Gasteiger partial charge < -0.3 is 5.73 Å². The zero-order valence-corrected chi connectivity index (χ0v) is 13.1. The Morgan fingerprint density at radius 1 is 1.16 bits per heavy atom. The van der Waals surface area contributed by atoms with Crippen molar-refractivity contribution >= 4 is 0 Å². The highest BCUT2D eigenvalue weighted by molar-refractivity contribution is 4.93. The smallest absolute Gasteiger partial charge is 0.0250 e. The molecular formula is C16H33N3. The highest BCUT2D eigenvalue weighted by Crippen LogP contribution is 2.28. The zero-order chi connectivity index (χ0) is 13.8. The first kappa shape index (κ1) is 15.3. The quantitative estimate of drug-likeness (QED) is 0.829. The molecule has 0 amide bonds. The van der Waals surface area contributed by atoms with Gasteiger partial charge in [-0.2, -0.15) is 0 Å². The summed E-state index contributed by atoms with van der Waals surface area (Å²) in [5.41, 5.74) is 6.13. The second-order valence-corrected chi connectivity index (χ2v) is 6.57. The lowest BCUT2D eigenvalue weighted by Gasteiger charge is -2.51. The Bertz CT molecular complexity index is 265. The molecule has 2 fully saturated rings. The molecule has 3 nitrogen and oxygen atoms in total. The minimum absolute atomic E-state index is 0.592. The van der Waals surface area contributed by atoms with E-state index in [1.807, 2.05) is 0 Å². The van der Waals surface area contributed by atoms with Gasteiger partial charge in [0.05, 0.1) is 0 Å². The van der Waals surface area contributed by atoms with Gasteiger partial charge in [0.2, 0.25) is 0 Å². The third kappa shape index (κ3) is 3.32. The van der Waals surface area contributed by atoms with Crippen molar-refractivity contribution in [2.45, 2.75) is 71.0 Å². The van der Waals surface area contributed by atoms with E-state index in [2.05, 4.69) is 30.6 Å². The molecule has 112 valence electrons. The van der Waals surface area contributed by atoms with Crippen LogP contribution in [0.2, 0.25) is 0 Å². The third-order valence-electron chi connectivity index (χ3n) is 5.50. The molecule has 3 heteroatoms. The van der Waals surface area contributed by atoms with Crippen LogP contribution in [0.15, 0.2) is 0 Å². The van der Waals surface area contributed by atoms with Crippen LogP contribution >= 0.6 is 0 Å². The molecule has 0 saturated carbocycles. The minimum Gasteiger partial charge on any atom is -0.329 e. The Balaban J connectivity index is 2.05. The summed E-state index contributed by atoms with van der Waals surface area (Å²) in [6, 6.07) is 2.06. The van der Waals surface area contributed by atoms with E-state index in [1.165, 1.54) is 51.7 Å². The highest BCUT2D eigenvalue weighted by Gasteiger charge is 2.37. The summed E-state index contributed by atoms with van der Waals surface area (Å²) in [6.45, 7) is 11.7. The summed E-state index contributed by atoms with van der Waals surface area (Å²) in [6.07, 6.45) is 6.73. The van der Waals surface area contributed by atoms with Gasteiger partial charge in [-0.3, -0.25) is 9.80 Å². The lowest BCUT2D eigenvalue weighted by atomic mass is 9.89. The molecule has 2 aliphatic rings. The topological polar surface area (TPSA) is 32.5 Å². The van der Waals surface area contributed by atoms with E-state index < -0.39 is 0 Å². The number of hydrogen-bond acceptors (Lipinski definition) is 3. The maximum Gasteiger partial charge on any atom is 0.0250 e. The fraction of sp³-hybridized carbons (Fsp3) is 1.00. The van der Waals surface area contributed by atoms with Crippen LogP contribution in [-0.4, -0.2) is 54.1 Å². The van der Waals surface area contributed by atoms with Gasteiger partial charge in [0.1, 0.15) is 0 Å². The number of rotatable bonds is 5. The predicted molar refractivity (Wildman–Crippen MR) is 82.3 cm³/mol. The summed E-state index contributed by atoms with van der Waals surface area (Å²) in [4.78, 5) is 5.47. The molecule has 0 aromatic carbocycles. The standard InChI is InChI=1S/C16H33N3/c1-4-14(5-2)16(10-17)19-12-15-8-6-7-9-18(15)11-13(19)3/h13-16H,4-12,17H2,1-3H3. The van der Waals surface area contributed by atoms with Crippen LogP contribution in [0.25, 0.3) is 0 Å². The first-order valence-corrected chi connectivity index (χ1v) is 8.41. The molecule has 0 bridgehead atoms. The Hall–Kier alpha value is -0.120. The van der Waals surface area contributed by atoms with Crippen molar-refractivity contribution in [2.24, 2.45) is 11.7 Å². The van der Waals surface area contributed by atoms with Crippen LogP contribution in [0.1, 0.15) is 52.9 Å². The van der Waals surface area contributed by atoms with Gasteiger partial charge in [-0.15, -0.1) is 0 Å². The third-order valence-corrected chi connectivity index (χ3v) is 5.50. The van der Waals surface area contributed by atoms with Crippen molar-refractivity contribution < 1.29 is 0 Å². The molecule has 2 aliphatic heterocycles. The van der Waals surface area contributed by atoms with Crippen molar-refractivity contribution in [2.75, 3.05) is 26.2 Å². The van der Waals surface area contributed by atoms with Gasteiger partial charge >= 0.3 is 0 Å². The fourth-order valence-corrected chi connectivity index (χ4v) is 4.27. The molecule has 0 radical (unpaired) electrons. The molecule has 0 aromatic rings. The fourth-order valence-electron chi connectivity index (χ4n) is 4.27. The molecule has 3 unspecified atom stereocenters. The summed E-state index contributed by atoms with van der Waals surface area (Å²) in [5, 5.41) is 0. The van der Waals surface area contributed by atoms with E-state index >= 15 is 0 Å². The molecule has 0 aromatic heterocycles. The molecule has 19 heavy (non-hydrogen) atoms. The van der Waals surface area contributed by atoms with E-state index in [1.54, 1.807) is 0 Å². The van der Waals surface area contributed by atoms with Gasteiger partial charge in [-0.25, -0.2) is 0 Å². The van der Waals surface area contributed by atoms with Crippen molar-refractivity contribution in [1.29, 1.82) is 0 Å². The van der Waals surface area contributed by atoms with Crippen LogP contribution in [0, 0.1) is 5.92 Å². The Labute approximate surface area is 119 Å². The van der Waals surface area contributed by atoms with E-state index in [-0.39, 0.29) is 0 Å². The monoisotopic (exact) mass is 267 g/mol. The highest BCUT2D eigenvalue weighted by atomic mass is 15.3. The summed E-state index contributed by atoms with van der Waals surface area (Å²) in [5.74, 6) is 0.766. The van der Waals surface area contributed by atoms with Crippen LogP contribution in [0.5, 0.6) is 0 Å². The maximum absolute atomic E-state index is 6.13. The second kappa shape index (κ2) is 7.05. The first-order chi connectivity index (χ1) is 9.21. The molecule has 3 atom stereocenters. The summed E-state index contributed by atoms with van der Waals surface area (Å²) in [7, 11) is 0. The number of hydrogen-bond donors (Lipinski definition) is 1. The predicted octanol–water partition coefficient (Wildman–Crippen LogP) is 2.31. The van der Waals surface area contributed by atoms with Crippen LogP contribution < -0.4 is 5.73 Å². The molecular weight excluding hydrogens is 234 g/mol. The first-order valence-electron chi connectivity index (χ1n) is 8.41. The summed E-state index contributed by atoms with van der Waals surface area (Å²) >= 11 is 0. The van der Waals surface area contributed by atoms with Crippen molar-refractivity contribution in [3.63, 3.8) is 0 Å². The van der Waals surface area contributed by atoms with Crippen LogP contribution in [0.3, 0.4) is 0 Å². The minimum atomic E-state index is 0.592. The molecule has 0 aliphatic carbocycles. The Morgan fingerprint density at radius 3 is 2.53 bits per heavy atom. The van der Waals surface area contributed by atoms with E-state index in [0.717, 1.165) is 18.5 Å².